The van der Waals surface area contributed by atoms with Gasteiger partial charge in [0.1, 0.15) is 0 Å². The Hall–Kier alpha value is -0.270. The molecule has 9 nitrogen and oxygen atoms in total. The van der Waals surface area contributed by atoms with Crippen molar-refractivity contribution in [1.29, 1.82) is 0 Å². The van der Waals surface area contributed by atoms with Gasteiger partial charge < -0.3 is 19.0 Å². The molecular weight excluding hydrogens is 362 g/mol. The molecule has 0 heterocycles. The highest BCUT2D eigenvalue weighted by Gasteiger charge is 2.35. The first-order valence-corrected chi connectivity index (χ1v) is 11.0. The number of carbonyl (C=O) groups excluding carboxylic acids is 1. The average molecular weight is 390 g/mol. The lowest BCUT2D eigenvalue weighted by molar-refractivity contribution is -0.135. The summed E-state index contributed by atoms with van der Waals surface area (Å²) in [6.07, 6.45) is 8.86. The molecular formula is C13H28O9P2. The third-order valence-corrected chi connectivity index (χ3v) is 5.27. The topological polar surface area (TPSA) is 140 Å². The number of rotatable bonds is 15. The van der Waals surface area contributed by atoms with E-state index in [9.17, 15) is 13.9 Å². The molecule has 0 saturated heterocycles. The van der Waals surface area contributed by atoms with Crippen molar-refractivity contribution < 1.29 is 42.2 Å². The fourth-order valence-corrected chi connectivity index (χ4v) is 3.64. The molecule has 0 spiro atoms. The Morgan fingerprint density at radius 2 is 1.29 bits per heavy atom. The molecule has 0 bridgehead atoms. The zero-order valence-corrected chi connectivity index (χ0v) is 15.8. The highest BCUT2D eigenvalue weighted by Crippen LogP contribution is 2.57. The lowest BCUT2D eigenvalue weighted by atomic mass is 10.1. The Morgan fingerprint density at radius 1 is 0.833 bits per heavy atom. The van der Waals surface area contributed by atoms with Gasteiger partial charge >= 0.3 is 21.6 Å². The summed E-state index contributed by atoms with van der Waals surface area (Å²) < 4.78 is 34.1. The number of phosphoric ester groups is 1. The number of hydrogen-bond donors (Lipinski definition) is 3. The van der Waals surface area contributed by atoms with E-state index in [2.05, 4.69) is 8.83 Å². The van der Waals surface area contributed by atoms with E-state index in [0.717, 1.165) is 45.1 Å². The third kappa shape index (κ3) is 16.6. The van der Waals surface area contributed by atoms with Gasteiger partial charge in [0.05, 0.1) is 0 Å². The van der Waals surface area contributed by atoms with Crippen LogP contribution in [-0.4, -0.2) is 34.4 Å². The van der Waals surface area contributed by atoms with Gasteiger partial charge in [-0.25, -0.2) is 9.13 Å². The van der Waals surface area contributed by atoms with Gasteiger partial charge in [0.25, 0.3) is 0 Å². The van der Waals surface area contributed by atoms with Gasteiger partial charge in [-0.15, -0.1) is 0 Å². The van der Waals surface area contributed by atoms with Crippen LogP contribution in [0.1, 0.15) is 64.2 Å². The van der Waals surface area contributed by atoms with E-state index >= 15 is 0 Å². The van der Waals surface area contributed by atoms with Crippen molar-refractivity contribution >= 4 is 21.6 Å². The quantitative estimate of drug-likeness (QED) is 0.284. The van der Waals surface area contributed by atoms with Crippen molar-refractivity contribution in [1.82, 2.24) is 0 Å². The Kier molecular flexibility index (Phi) is 12.9. The number of methoxy groups -OCH3 is 1. The lowest BCUT2D eigenvalue weighted by Gasteiger charge is -2.11. The van der Waals surface area contributed by atoms with E-state index in [-0.39, 0.29) is 6.42 Å². The predicted molar refractivity (Wildman–Crippen MR) is 87.1 cm³/mol. The number of phosphoric acid groups is 2. The van der Waals surface area contributed by atoms with E-state index in [1.54, 1.807) is 7.11 Å². The summed E-state index contributed by atoms with van der Waals surface area (Å²) in [6, 6.07) is 0. The fraction of sp³-hybridized carbons (Fsp3) is 0.923. The van der Waals surface area contributed by atoms with Crippen LogP contribution in [0.4, 0.5) is 0 Å². The van der Waals surface area contributed by atoms with Crippen LogP contribution in [0.15, 0.2) is 0 Å². The molecule has 11 heteroatoms. The van der Waals surface area contributed by atoms with Gasteiger partial charge in [-0.1, -0.05) is 44.9 Å². The molecule has 24 heavy (non-hydrogen) atoms. The van der Waals surface area contributed by atoms with E-state index in [1.165, 1.54) is 12.8 Å². The Bertz CT molecular complexity index is 435. The minimum atomic E-state index is -5.20. The van der Waals surface area contributed by atoms with Crippen LogP contribution in [0, 0.1) is 0 Å². The summed E-state index contributed by atoms with van der Waals surface area (Å²) >= 11 is 0. The summed E-state index contributed by atoms with van der Waals surface area (Å²) in [5.74, 6) is -1.02. The molecule has 0 aliphatic carbocycles. The molecule has 0 aromatic heterocycles. The minimum Gasteiger partial charge on any atom is -0.385 e. The summed E-state index contributed by atoms with van der Waals surface area (Å²) in [5, 5.41) is 0. The minimum absolute atomic E-state index is 0.105. The lowest BCUT2D eigenvalue weighted by Crippen LogP contribution is -2.03. The van der Waals surface area contributed by atoms with E-state index in [1.807, 2.05) is 0 Å². The molecule has 144 valence electrons. The van der Waals surface area contributed by atoms with Crippen LogP contribution in [0.2, 0.25) is 0 Å². The van der Waals surface area contributed by atoms with E-state index in [0.29, 0.717) is 6.42 Å². The summed E-state index contributed by atoms with van der Waals surface area (Å²) in [5.41, 5.74) is 0. The standard InChI is InChI=1S/C13H28O9P2/c1-20-12-10-8-6-4-2-3-5-7-9-11-13(14)21-24(18,19)22-23(15,16)17/h2-12H2,1H3,(H,18,19)(H2,15,16,17). The van der Waals surface area contributed by atoms with Crippen LogP contribution < -0.4 is 0 Å². The smallest absolute Gasteiger partial charge is 0.385 e. The SMILES string of the molecule is COCCCCCCCCCCCC(=O)OP(=O)(O)OP(=O)(O)O. The maximum Gasteiger partial charge on any atom is 0.538 e. The van der Waals surface area contributed by atoms with Crippen molar-refractivity contribution in [2.75, 3.05) is 13.7 Å². The molecule has 0 aliphatic heterocycles. The van der Waals surface area contributed by atoms with Crippen LogP contribution in [-0.2, 0) is 27.5 Å². The molecule has 0 amide bonds. The predicted octanol–water partition coefficient (Wildman–Crippen LogP) is 3.29. The van der Waals surface area contributed by atoms with Crippen molar-refractivity contribution in [3.8, 4) is 0 Å². The second-order valence-electron chi connectivity index (χ2n) is 5.43. The van der Waals surface area contributed by atoms with Gasteiger partial charge in [0, 0.05) is 20.1 Å². The zero-order valence-electron chi connectivity index (χ0n) is 14.0. The second-order valence-corrected chi connectivity index (χ2v) is 8.18. The van der Waals surface area contributed by atoms with Crippen LogP contribution in [0.3, 0.4) is 0 Å². The molecule has 0 aromatic rings. The normalized spacial score (nSPS) is 14.3. The van der Waals surface area contributed by atoms with Crippen molar-refractivity contribution in [2.24, 2.45) is 0 Å². The van der Waals surface area contributed by atoms with Crippen LogP contribution in [0.25, 0.3) is 0 Å². The zero-order chi connectivity index (χ0) is 18.5. The van der Waals surface area contributed by atoms with Crippen molar-refractivity contribution in [3.05, 3.63) is 0 Å². The number of unbranched alkanes of at least 4 members (excludes halogenated alkanes) is 8. The maximum atomic E-state index is 11.3. The van der Waals surface area contributed by atoms with E-state index < -0.39 is 21.6 Å². The molecule has 0 aromatic carbocycles. The molecule has 1 atom stereocenters. The Balaban J connectivity index is 3.56. The largest absolute Gasteiger partial charge is 0.538 e. The highest BCUT2D eigenvalue weighted by atomic mass is 31.3. The molecule has 1 unspecified atom stereocenters. The summed E-state index contributed by atoms with van der Waals surface area (Å²) in [6.45, 7) is 0.802. The Labute approximate surface area is 142 Å². The first-order chi connectivity index (χ1) is 11.2. The molecule has 0 rings (SSSR count). The van der Waals surface area contributed by atoms with Crippen molar-refractivity contribution in [3.63, 3.8) is 0 Å². The first-order valence-electron chi connectivity index (χ1n) is 7.97. The molecule has 0 saturated carbocycles. The molecule has 0 fully saturated rings. The van der Waals surface area contributed by atoms with Gasteiger partial charge in [-0.05, 0) is 12.8 Å². The van der Waals surface area contributed by atoms with Crippen molar-refractivity contribution in [2.45, 2.75) is 64.2 Å². The fourth-order valence-electron chi connectivity index (χ4n) is 2.08. The second kappa shape index (κ2) is 13.0. The number of hydrogen-bond acceptors (Lipinski definition) is 6. The molecule has 0 radical (unpaired) electrons. The molecule has 0 aliphatic rings. The van der Waals surface area contributed by atoms with Gasteiger partial charge in [-0.2, -0.15) is 4.31 Å². The van der Waals surface area contributed by atoms with Gasteiger partial charge in [0.2, 0.25) is 0 Å². The third-order valence-electron chi connectivity index (χ3n) is 3.16. The highest BCUT2D eigenvalue weighted by molar-refractivity contribution is 7.61. The van der Waals surface area contributed by atoms with E-state index in [4.69, 9.17) is 19.4 Å². The van der Waals surface area contributed by atoms with Crippen LogP contribution in [0.5, 0.6) is 0 Å². The maximum absolute atomic E-state index is 11.3. The molecule has 3 N–H and O–H groups in total. The number of carbonyl (C=O) groups is 1. The number of ether oxygens (including phenoxy) is 1. The van der Waals surface area contributed by atoms with Crippen LogP contribution >= 0.6 is 15.6 Å². The monoisotopic (exact) mass is 390 g/mol. The Morgan fingerprint density at radius 3 is 1.75 bits per heavy atom. The first kappa shape index (κ1) is 23.7. The summed E-state index contributed by atoms with van der Waals surface area (Å²) in [4.78, 5) is 37.1. The van der Waals surface area contributed by atoms with Gasteiger partial charge in [0.15, 0.2) is 0 Å². The summed E-state index contributed by atoms with van der Waals surface area (Å²) in [7, 11) is -8.58. The average Bonchev–Trinajstić information content (AvgIpc) is 2.41. The van der Waals surface area contributed by atoms with Gasteiger partial charge in [-0.3, -0.25) is 9.69 Å².